The van der Waals surface area contributed by atoms with Gasteiger partial charge in [-0.2, -0.15) is 5.10 Å². The van der Waals surface area contributed by atoms with Crippen molar-refractivity contribution in [3.05, 3.63) is 102 Å². The molecule has 0 unspecified atom stereocenters. The second kappa shape index (κ2) is 11.9. The monoisotopic (exact) mass is 444 g/mol. The van der Waals surface area contributed by atoms with Crippen LogP contribution in [0.3, 0.4) is 0 Å². The van der Waals surface area contributed by atoms with Crippen molar-refractivity contribution in [3.8, 4) is 17.2 Å². The summed E-state index contributed by atoms with van der Waals surface area (Å²) >= 11 is 0. The summed E-state index contributed by atoms with van der Waals surface area (Å²) in [7, 11) is 1.56. The van der Waals surface area contributed by atoms with Crippen molar-refractivity contribution >= 4 is 18.1 Å². The second-order valence-corrected chi connectivity index (χ2v) is 6.87. The number of para-hydroxylation sites is 1. The normalized spacial score (nSPS) is 10.5. The molecule has 7 heteroatoms. The SMILES string of the molecule is C=CCc1ccccc1OCC(=O)N/N=C\c1ccc(OC(=O)c2ccc(OC)cc2)cc1. The van der Waals surface area contributed by atoms with Gasteiger partial charge in [-0.1, -0.05) is 24.3 Å². The molecule has 168 valence electrons. The molecule has 0 bridgehead atoms. The highest BCUT2D eigenvalue weighted by Crippen LogP contribution is 2.19. The highest BCUT2D eigenvalue weighted by atomic mass is 16.5. The summed E-state index contributed by atoms with van der Waals surface area (Å²) in [6, 6.07) is 20.8. The number of methoxy groups -OCH3 is 1. The van der Waals surface area contributed by atoms with Gasteiger partial charge in [0.25, 0.3) is 5.91 Å². The van der Waals surface area contributed by atoms with Crippen molar-refractivity contribution < 1.29 is 23.8 Å². The Labute approximate surface area is 192 Å². The Morgan fingerprint density at radius 2 is 1.67 bits per heavy atom. The number of hydrogen-bond acceptors (Lipinski definition) is 6. The number of rotatable bonds is 10. The molecule has 7 nitrogen and oxygen atoms in total. The largest absolute Gasteiger partial charge is 0.497 e. The molecule has 33 heavy (non-hydrogen) atoms. The summed E-state index contributed by atoms with van der Waals surface area (Å²) in [5, 5.41) is 3.93. The van der Waals surface area contributed by atoms with Gasteiger partial charge < -0.3 is 14.2 Å². The van der Waals surface area contributed by atoms with Crippen LogP contribution in [0.2, 0.25) is 0 Å². The number of carbonyl (C=O) groups is 2. The third-order valence-electron chi connectivity index (χ3n) is 4.51. The lowest BCUT2D eigenvalue weighted by atomic mass is 10.1. The van der Waals surface area contributed by atoms with Gasteiger partial charge in [0.05, 0.1) is 18.9 Å². The van der Waals surface area contributed by atoms with Gasteiger partial charge in [-0.05, 0) is 72.1 Å². The Balaban J connectivity index is 1.47. The molecule has 3 aromatic rings. The summed E-state index contributed by atoms with van der Waals surface area (Å²) < 4.78 is 16.0. The molecule has 3 aromatic carbocycles. The predicted octanol–water partition coefficient (Wildman–Crippen LogP) is 4.17. The predicted molar refractivity (Wildman–Crippen MR) is 126 cm³/mol. The van der Waals surface area contributed by atoms with Gasteiger partial charge >= 0.3 is 5.97 Å². The number of esters is 1. The molecule has 1 N–H and O–H groups in total. The van der Waals surface area contributed by atoms with E-state index in [9.17, 15) is 9.59 Å². The summed E-state index contributed by atoms with van der Waals surface area (Å²) in [5.41, 5.74) is 4.51. The van der Waals surface area contributed by atoms with Gasteiger partial charge in [-0.3, -0.25) is 4.79 Å². The average Bonchev–Trinajstić information content (AvgIpc) is 2.85. The smallest absolute Gasteiger partial charge is 0.343 e. The number of nitrogens with one attached hydrogen (secondary N) is 1. The molecule has 0 atom stereocenters. The van der Waals surface area contributed by atoms with Crippen LogP contribution in [0.15, 0.2) is 90.6 Å². The maximum atomic E-state index is 12.2. The van der Waals surface area contributed by atoms with Gasteiger partial charge in [0.1, 0.15) is 17.2 Å². The first-order valence-corrected chi connectivity index (χ1v) is 10.2. The second-order valence-electron chi connectivity index (χ2n) is 6.87. The van der Waals surface area contributed by atoms with Gasteiger partial charge in [0.2, 0.25) is 0 Å². The fraction of sp³-hybridized carbons (Fsp3) is 0.115. The van der Waals surface area contributed by atoms with E-state index >= 15 is 0 Å². The number of hydrazone groups is 1. The third-order valence-corrected chi connectivity index (χ3v) is 4.51. The van der Waals surface area contributed by atoms with Crippen molar-refractivity contribution in [1.82, 2.24) is 5.43 Å². The molecule has 0 heterocycles. The minimum atomic E-state index is -0.471. The van der Waals surface area contributed by atoms with Crippen LogP contribution in [0.5, 0.6) is 17.2 Å². The lowest BCUT2D eigenvalue weighted by Crippen LogP contribution is -2.24. The molecule has 0 saturated carbocycles. The highest BCUT2D eigenvalue weighted by molar-refractivity contribution is 5.91. The summed E-state index contributed by atoms with van der Waals surface area (Å²) in [5.74, 6) is 0.831. The Kier molecular flexibility index (Phi) is 8.36. The van der Waals surface area contributed by atoms with Crippen molar-refractivity contribution in [2.45, 2.75) is 6.42 Å². The molecular formula is C26H24N2O5. The highest BCUT2D eigenvalue weighted by Gasteiger charge is 2.09. The zero-order chi connectivity index (χ0) is 23.5. The minimum absolute atomic E-state index is 0.161. The summed E-state index contributed by atoms with van der Waals surface area (Å²) in [4.78, 5) is 24.2. The van der Waals surface area contributed by atoms with E-state index in [1.807, 2.05) is 18.2 Å². The number of carbonyl (C=O) groups excluding carboxylic acids is 2. The van der Waals surface area contributed by atoms with Crippen molar-refractivity contribution in [3.63, 3.8) is 0 Å². The number of allylic oxidation sites excluding steroid dienone is 1. The van der Waals surface area contributed by atoms with Crippen LogP contribution in [-0.4, -0.2) is 31.8 Å². The molecule has 0 fully saturated rings. The van der Waals surface area contributed by atoms with Crippen molar-refractivity contribution in [2.75, 3.05) is 13.7 Å². The number of hydrogen-bond donors (Lipinski definition) is 1. The average molecular weight is 444 g/mol. The Morgan fingerprint density at radius 3 is 2.36 bits per heavy atom. The number of benzene rings is 3. The Hall–Kier alpha value is -4.39. The van der Waals surface area contributed by atoms with Crippen LogP contribution < -0.4 is 19.6 Å². The standard InChI is InChI=1S/C26H24N2O5/c1-3-6-20-7-4-5-8-24(20)32-18-25(29)28-27-17-19-9-13-23(14-10-19)33-26(30)21-11-15-22(31-2)16-12-21/h3-5,7-17H,1,6,18H2,2H3,(H,28,29)/b27-17-. The molecule has 3 rings (SSSR count). The fourth-order valence-electron chi connectivity index (χ4n) is 2.84. The van der Waals surface area contributed by atoms with Gasteiger partial charge in [-0.15, -0.1) is 6.58 Å². The number of amides is 1. The first kappa shape index (κ1) is 23.3. The van der Waals surface area contributed by atoms with Crippen LogP contribution >= 0.6 is 0 Å². The number of nitrogens with zero attached hydrogens (tertiary/aromatic N) is 1. The van der Waals surface area contributed by atoms with Crippen LogP contribution in [0.4, 0.5) is 0 Å². The van der Waals surface area contributed by atoms with Crippen molar-refractivity contribution in [2.24, 2.45) is 5.10 Å². The molecular weight excluding hydrogens is 420 g/mol. The van der Waals surface area contributed by atoms with E-state index in [2.05, 4.69) is 17.1 Å². The van der Waals surface area contributed by atoms with Gasteiger partial charge in [-0.25, -0.2) is 10.2 Å². The zero-order valence-electron chi connectivity index (χ0n) is 18.2. The van der Waals surface area contributed by atoms with E-state index < -0.39 is 5.97 Å². The molecule has 1 amide bonds. The van der Waals surface area contributed by atoms with Crippen LogP contribution in [-0.2, 0) is 11.2 Å². The number of ether oxygens (including phenoxy) is 3. The van der Waals surface area contributed by atoms with E-state index in [0.717, 1.165) is 11.1 Å². The molecule has 0 aliphatic heterocycles. The quantitative estimate of drug-likeness (QED) is 0.167. The van der Waals surface area contributed by atoms with Crippen LogP contribution in [0.1, 0.15) is 21.5 Å². The fourth-order valence-corrected chi connectivity index (χ4v) is 2.84. The van der Waals surface area contributed by atoms with E-state index in [-0.39, 0.29) is 12.5 Å². The molecule has 0 saturated heterocycles. The van der Waals surface area contributed by atoms with Gasteiger partial charge in [0.15, 0.2) is 6.61 Å². The minimum Gasteiger partial charge on any atom is -0.497 e. The maximum absolute atomic E-state index is 12.2. The topological polar surface area (TPSA) is 86.2 Å². The summed E-state index contributed by atoms with van der Waals surface area (Å²) in [6.07, 6.45) is 3.91. The molecule has 0 spiro atoms. The lowest BCUT2D eigenvalue weighted by Gasteiger charge is -2.09. The molecule has 0 radical (unpaired) electrons. The van der Waals surface area contributed by atoms with E-state index in [1.165, 1.54) is 6.21 Å². The molecule has 0 aliphatic rings. The van der Waals surface area contributed by atoms with E-state index in [4.69, 9.17) is 14.2 Å². The molecule has 0 aliphatic carbocycles. The Morgan fingerprint density at radius 1 is 0.970 bits per heavy atom. The van der Waals surface area contributed by atoms with E-state index in [0.29, 0.717) is 29.2 Å². The Bertz CT molecular complexity index is 1120. The third kappa shape index (κ3) is 7.07. The summed E-state index contributed by atoms with van der Waals surface area (Å²) in [6.45, 7) is 3.56. The van der Waals surface area contributed by atoms with E-state index in [1.54, 1.807) is 67.8 Å². The van der Waals surface area contributed by atoms with Crippen LogP contribution in [0.25, 0.3) is 0 Å². The maximum Gasteiger partial charge on any atom is 0.343 e. The first-order valence-electron chi connectivity index (χ1n) is 10.2. The zero-order valence-corrected chi connectivity index (χ0v) is 18.2. The van der Waals surface area contributed by atoms with Gasteiger partial charge in [0, 0.05) is 0 Å². The van der Waals surface area contributed by atoms with Crippen LogP contribution in [0, 0.1) is 0 Å². The van der Waals surface area contributed by atoms with Crippen molar-refractivity contribution in [1.29, 1.82) is 0 Å². The molecule has 0 aromatic heterocycles. The lowest BCUT2D eigenvalue weighted by molar-refractivity contribution is -0.123. The first-order chi connectivity index (χ1) is 16.1.